The van der Waals surface area contributed by atoms with E-state index in [9.17, 15) is 71.9 Å². The zero-order chi connectivity index (χ0) is 102. The smallest absolute Gasteiger partial charge is 0.333 e. The lowest BCUT2D eigenvalue weighted by Crippen LogP contribution is -2.31. The lowest BCUT2D eigenvalue weighted by atomic mass is 10.1. The number of carboxylic acids is 4. The minimum Gasteiger partial charge on any atom is -0.481 e. The lowest BCUT2D eigenvalue weighted by molar-refractivity contribution is -0.197. The molecule has 0 saturated carbocycles. The zero-order valence-corrected chi connectivity index (χ0v) is 85.5. The quantitative estimate of drug-likeness (QED) is 0.00700. The Morgan fingerprint density at radius 1 is 0.259 bits per heavy atom. The fourth-order valence-electron chi connectivity index (χ4n) is 12.8. The Kier molecular flexibility index (Phi) is 116. The number of alkyl halides is 4. The Bertz CT molecular complexity index is 2830. The minimum atomic E-state index is -0.980. The molecule has 0 atom stereocenters. The molecule has 0 radical (unpaired) electrons. The molecule has 33 nitrogen and oxygen atoms in total. The van der Waals surface area contributed by atoms with E-state index in [-0.39, 0.29) is 116 Å². The SMILES string of the molecule is CC(=O)OCCN(C)C.O=C(CCl)OCCCCCCCCCCO.O=C(CCl)OCCCCCCCCCCOC(=O)CCCCCCCCCCC(=O)ON1C(=O)CCC1=O.O=C(O)CCCCCCCCCCC(=O)O.O=C(O)CCCCCCCCCCC(=O)OCCCCCCCCCCOC(=O)CCl.O=C(O)CCl.O=C1CCC(=O)N1O.OCCCCCCCCCCO. The number of carboxylic acid groups (broad SMARTS) is 4. The van der Waals surface area contributed by atoms with E-state index in [0.717, 1.165) is 283 Å². The Balaban J connectivity index is -0.000000380. The first-order valence-electron chi connectivity index (χ1n) is 50.1. The number of amides is 4. The van der Waals surface area contributed by atoms with Crippen molar-refractivity contribution < 1.29 is 146 Å². The molecule has 792 valence electrons. The molecule has 135 heavy (non-hydrogen) atoms. The van der Waals surface area contributed by atoms with Gasteiger partial charge >= 0.3 is 65.7 Å². The molecule has 0 spiro atoms. The molecule has 0 aromatic carbocycles. The molecule has 2 aliphatic rings. The number of hydrogen-bond acceptors (Lipinski definition) is 27. The predicted octanol–water partition coefficient (Wildman–Crippen LogP) is 20.3. The molecule has 2 aliphatic heterocycles. The number of carbonyl (C=O) groups excluding carboxylic acids is 11. The van der Waals surface area contributed by atoms with Gasteiger partial charge < -0.3 is 73.9 Å². The van der Waals surface area contributed by atoms with Crippen molar-refractivity contribution in [3.63, 3.8) is 0 Å². The maximum atomic E-state index is 11.8. The van der Waals surface area contributed by atoms with E-state index in [4.69, 9.17) is 116 Å². The van der Waals surface area contributed by atoms with E-state index >= 15 is 0 Å². The van der Waals surface area contributed by atoms with E-state index in [2.05, 4.69) is 4.74 Å². The summed E-state index contributed by atoms with van der Waals surface area (Å²) >= 11 is 20.7. The zero-order valence-electron chi connectivity index (χ0n) is 82.5. The maximum Gasteiger partial charge on any atom is 0.333 e. The van der Waals surface area contributed by atoms with Gasteiger partial charge in [0.1, 0.15) is 30.1 Å². The number of imide groups is 2. The number of aliphatic carboxylic acids is 4. The van der Waals surface area contributed by atoms with Gasteiger partial charge in [0.15, 0.2) is 0 Å². The number of aliphatic hydroxyl groups is 3. The number of ether oxygens (including phenoxy) is 6. The molecule has 2 fully saturated rings. The number of halogens is 4. The van der Waals surface area contributed by atoms with E-state index in [1.54, 1.807) is 0 Å². The van der Waals surface area contributed by atoms with Crippen LogP contribution in [0.1, 0.15) is 431 Å². The van der Waals surface area contributed by atoms with Crippen LogP contribution in [0, 0.1) is 0 Å². The highest BCUT2D eigenvalue weighted by Gasteiger charge is 2.33. The molecule has 0 aromatic rings. The van der Waals surface area contributed by atoms with Crippen LogP contribution in [0.5, 0.6) is 0 Å². The summed E-state index contributed by atoms with van der Waals surface area (Å²) in [5, 5.41) is 67.7. The van der Waals surface area contributed by atoms with Crippen molar-refractivity contribution in [3.8, 4) is 0 Å². The lowest BCUT2D eigenvalue weighted by Gasteiger charge is -2.12. The normalized spacial score (nSPS) is 11.7. The van der Waals surface area contributed by atoms with E-state index in [1.165, 1.54) is 84.0 Å². The highest BCUT2D eigenvalue weighted by Crippen LogP contribution is 2.19. The Labute approximate surface area is 826 Å². The van der Waals surface area contributed by atoms with Crippen LogP contribution in [0.3, 0.4) is 0 Å². The van der Waals surface area contributed by atoms with Crippen molar-refractivity contribution in [2.45, 2.75) is 431 Å². The number of unbranched alkanes of at least 4 members (excludes halogenated alkanes) is 49. The molecule has 0 aliphatic carbocycles. The van der Waals surface area contributed by atoms with E-state index < -0.39 is 53.5 Å². The van der Waals surface area contributed by atoms with Crippen LogP contribution in [0.2, 0.25) is 0 Å². The van der Waals surface area contributed by atoms with Gasteiger partial charge in [0.25, 0.3) is 23.6 Å². The summed E-state index contributed by atoms with van der Waals surface area (Å²) < 4.78 is 30.0. The van der Waals surface area contributed by atoms with Crippen molar-refractivity contribution in [3.05, 3.63) is 0 Å². The van der Waals surface area contributed by atoms with Gasteiger partial charge in [-0.1, -0.05) is 270 Å². The monoisotopic (exact) mass is 2020 g/mol. The van der Waals surface area contributed by atoms with Crippen molar-refractivity contribution in [2.75, 3.05) is 104 Å². The number of esters is 6. The number of aliphatic hydroxyl groups excluding tert-OH is 3. The second-order valence-electron chi connectivity index (χ2n) is 33.5. The van der Waals surface area contributed by atoms with E-state index in [1.807, 2.05) is 19.0 Å². The Morgan fingerprint density at radius 2 is 0.452 bits per heavy atom. The van der Waals surface area contributed by atoms with Crippen LogP contribution in [-0.4, -0.2) is 249 Å². The van der Waals surface area contributed by atoms with Crippen molar-refractivity contribution >= 4 is 136 Å². The summed E-state index contributed by atoms with van der Waals surface area (Å²) in [6, 6.07) is 0. The summed E-state index contributed by atoms with van der Waals surface area (Å²) in [6.07, 6.45) is 61.9. The van der Waals surface area contributed by atoms with Crippen LogP contribution < -0.4 is 0 Å². The summed E-state index contributed by atoms with van der Waals surface area (Å²) in [5.41, 5.74) is 0. The fourth-order valence-corrected chi connectivity index (χ4v) is 13.1. The summed E-state index contributed by atoms with van der Waals surface area (Å²) in [6.45, 7) is 6.13. The second-order valence-corrected chi connectivity index (χ2v) is 34.5. The molecule has 0 bridgehead atoms. The number of hydrogen-bond donors (Lipinski definition) is 8. The second kappa shape index (κ2) is 113. The topological polar surface area (TPSA) is 492 Å². The van der Waals surface area contributed by atoms with Crippen molar-refractivity contribution in [1.82, 2.24) is 15.0 Å². The third kappa shape index (κ3) is 123. The molecule has 2 rings (SSSR count). The number of hydroxylamine groups is 4. The molecular weight excluding hydrogens is 1840 g/mol. The van der Waals surface area contributed by atoms with Gasteiger partial charge in [0, 0.05) is 97.5 Å². The first-order chi connectivity index (χ1) is 65.0. The van der Waals surface area contributed by atoms with Gasteiger partial charge in [-0.25, -0.2) is 4.79 Å². The van der Waals surface area contributed by atoms with Gasteiger partial charge in [0.2, 0.25) is 0 Å². The van der Waals surface area contributed by atoms with Gasteiger partial charge in [-0.2, -0.15) is 5.06 Å². The number of likely N-dealkylation sites (N-methyl/N-ethyl adjacent to an activating group) is 1. The largest absolute Gasteiger partial charge is 0.481 e. The third-order valence-electron chi connectivity index (χ3n) is 20.6. The fraction of sp³-hybridized carbons (Fsp3) is 0.847. The Morgan fingerprint density at radius 3 is 0.637 bits per heavy atom. The highest BCUT2D eigenvalue weighted by molar-refractivity contribution is 6.27. The van der Waals surface area contributed by atoms with Crippen LogP contribution >= 0.6 is 46.4 Å². The molecule has 0 unspecified atom stereocenters. The molecular formula is C98H177Cl4N3O30. The molecule has 8 N–H and O–H groups in total. The number of nitrogens with zero attached hydrogens (tertiary/aromatic N) is 3. The first kappa shape index (κ1) is 139. The highest BCUT2D eigenvalue weighted by atomic mass is 35.5. The van der Waals surface area contributed by atoms with Crippen molar-refractivity contribution in [1.29, 1.82) is 0 Å². The van der Waals surface area contributed by atoms with Crippen LogP contribution in [0.25, 0.3) is 0 Å². The summed E-state index contributed by atoms with van der Waals surface area (Å²) in [5.74, 6) is -7.50. The number of rotatable bonds is 82. The van der Waals surface area contributed by atoms with Crippen LogP contribution in [0.15, 0.2) is 0 Å². The molecule has 37 heteroatoms. The summed E-state index contributed by atoms with van der Waals surface area (Å²) in [4.78, 5) is 168. The number of carbonyl (C=O) groups is 15. The summed E-state index contributed by atoms with van der Waals surface area (Å²) in [7, 11) is 3.87. The standard InChI is InChI=1S/C28H46ClNO8.C24H43ClO6.C12H23ClO3.C12H22O4.C10H22O2.C6H13NO2.C4H5NO3.C2H3ClO2/c29-23-28(35)37-22-16-12-8-4-3-7-11-15-21-36-26(33)17-13-9-5-1-2-6-10-14-18-27(34)38-30-24(31)19-20-25(30)32;25-21-24(29)31-20-16-12-8-4-3-7-11-15-19-30-23(28)18-14-10-6-2-1-5-9-13-17-22(26)27;13-11-12(15)16-10-8-6-4-2-1-3-5-7-9-14;13-11(14)9-7-5-3-1-2-4-6-8-10-12(15)16;11-9-7-5-3-1-2-4-6-8-10-12;1-6(8)9-5-4-7(2)3;6-3-1-2-4(7)5(3)8;3-1-2(4)5/h1-23H2;1-21H2,(H,26,27);14H,1-11H2;1-10H2,(H,13,14)(H,15,16);11-12H,1-10H2;4-5H2,1-3H3;8H,1-2H2;1H2,(H,4,5). The molecule has 2 saturated heterocycles. The predicted molar refractivity (Wildman–Crippen MR) is 521 cm³/mol. The first-order valence-corrected chi connectivity index (χ1v) is 52.2. The average Bonchev–Trinajstić information content (AvgIpc) is 1.75. The maximum absolute atomic E-state index is 11.8. The van der Waals surface area contributed by atoms with Gasteiger partial charge in [-0.05, 0) is 104 Å². The molecule has 4 amide bonds. The minimum absolute atomic E-state index is 0.0507. The van der Waals surface area contributed by atoms with Gasteiger partial charge in [-0.3, -0.25) is 72.3 Å². The van der Waals surface area contributed by atoms with E-state index in [0.29, 0.717) is 83.8 Å². The van der Waals surface area contributed by atoms with Crippen LogP contribution in [0.4, 0.5) is 0 Å². The van der Waals surface area contributed by atoms with Crippen molar-refractivity contribution in [2.24, 2.45) is 0 Å². The third-order valence-corrected chi connectivity index (χ3v) is 21.5. The van der Waals surface area contributed by atoms with Gasteiger partial charge in [0.05, 0.1) is 33.0 Å². The average molecular weight is 2020 g/mol. The molecule has 0 aromatic heterocycles. The van der Waals surface area contributed by atoms with Crippen LogP contribution in [-0.2, 0) is 105 Å². The van der Waals surface area contributed by atoms with Gasteiger partial charge in [-0.15, -0.1) is 51.5 Å². The molecule has 2 heterocycles. The Hall–Kier alpha value is -6.59.